The smallest absolute Gasteiger partial charge is 0.408 e. The normalized spacial score (nSPS) is 13.0. The quantitative estimate of drug-likeness (QED) is 0.352. The number of ether oxygens (including phenoxy) is 1. The Balaban J connectivity index is 3.49. The van der Waals surface area contributed by atoms with E-state index in [1.165, 1.54) is 4.90 Å². The zero-order chi connectivity index (χ0) is 27.5. The minimum Gasteiger partial charge on any atom is -0.444 e. The Bertz CT molecular complexity index is 894. The standard InChI is InChI=1S/C27H44N4O5/c1-8-9-10-13-16-31(23(24(33)29-18(2)3)20-15-12-11-14-19(20)4)25(34)21(17-22(28)32)30-26(35)36-27(5,6)7/h11-12,14-15,18,21,23H,8-10,13,16-17H2,1-7H3,(H2,28,32)(H,29,33)(H,30,35). The van der Waals surface area contributed by atoms with Gasteiger partial charge in [-0.15, -0.1) is 0 Å². The van der Waals surface area contributed by atoms with E-state index in [0.29, 0.717) is 12.0 Å². The first-order chi connectivity index (χ1) is 16.8. The minimum absolute atomic E-state index is 0.151. The summed E-state index contributed by atoms with van der Waals surface area (Å²) in [7, 11) is 0. The lowest BCUT2D eigenvalue weighted by Crippen LogP contribution is -2.54. The SMILES string of the molecule is CCCCCCN(C(=O)C(CC(N)=O)NC(=O)OC(C)(C)C)C(C(=O)NC(C)C)c1ccccc1C. The van der Waals surface area contributed by atoms with Crippen LogP contribution >= 0.6 is 0 Å². The zero-order valence-electron chi connectivity index (χ0n) is 22.8. The van der Waals surface area contributed by atoms with Gasteiger partial charge in [0.2, 0.25) is 17.7 Å². The van der Waals surface area contributed by atoms with Crippen LogP contribution in [0, 0.1) is 6.92 Å². The van der Waals surface area contributed by atoms with Crippen LogP contribution in [0.15, 0.2) is 24.3 Å². The van der Waals surface area contributed by atoms with Crippen molar-refractivity contribution >= 4 is 23.8 Å². The predicted octanol–water partition coefficient (Wildman–Crippen LogP) is 3.74. The van der Waals surface area contributed by atoms with E-state index in [4.69, 9.17) is 10.5 Å². The fraction of sp³-hybridized carbons (Fsp3) is 0.630. The summed E-state index contributed by atoms with van der Waals surface area (Å²) in [6, 6.07) is 5.00. The first-order valence-corrected chi connectivity index (χ1v) is 12.7. The predicted molar refractivity (Wildman–Crippen MR) is 140 cm³/mol. The van der Waals surface area contributed by atoms with Gasteiger partial charge >= 0.3 is 6.09 Å². The number of hydrogen-bond donors (Lipinski definition) is 3. The molecule has 0 aliphatic rings. The first kappa shape index (κ1) is 30.9. The van der Waals surface area contributed by atoms with E-state index >= 15 is 0 Å². The number of benzene rings is 1. The summed E-state index contributed by atoms with van der Waals surface area (Å²) in [4.78, 5) is 53.2. The molecule has 36 heavy (non-hydrogen) atoms. The van der Waals surface area contributed by atoms with Crippen molar-refractivity contribution in [2.45, 2.75) is 104 Å². The fourth-order valence-electron chi connectivity index (χ4n) is 3.83. The highest BCUT2D eigenvalue weighted by Crippen LogP contribution is 2.27. The number of carbonyl (C=O) groups is 4. The van der Waals surface area contributed by atoms with Crippen LogP contribution in [0.1, 0.15) is 90.8 Å². The van der Waals surface area contributed by atoms with E-state index in [1.54, 1.807) is 20.8 Å². The molecule has 9 nitrogen and oxygen atoms in total. The van der Waals surface area contributed by atoms with Crippen molar-refractivity contribution in [2.75, 3.05) is 6.54 Å². The molecule has 4 N–H and O–H groups in total. The molecule has 0 spiro atoms. The molecule has 0 heterocycles. The van der Waals surface area contributed by atoms with Crippen molar-refractivity contribution in [1.82, 2.24) is 15.5 Å². The molecule has 9 heteroatoms. The number of carbonyl (C=O) groups excluding carboxylic acids is 4. The van der Waals surface area contributed by atoms with Crippen molar-refractivity contribution in [1.29, 1.82) is 0 Å². The molecule has 0 saturated carbocycles. The number of alkyl carbamates (subject to hydrolysis) is 1. The third-order valence-electron chi connectivity index (χ3n) is 5.40. The van der Waals surface area contributed by atoms with E-state index < -0.39 is 42.0 Å². The van der Waals surface area contributed by atoms with Crippen LogP contribution in [-0.2, 0) is 19.1 Å². The molecule has 4 amide bonds. The molecule has 2 atom stereocenters. The number of nitrogens with one attached hydrogen (secondary N) is 2. The third-order valence-corrected chi connectivity index (χ3v) is 5.40. The Hall–Kier alpha value is -3.10. The Morgan fingerprint density at radius 1 is 1.03 bits per heavy atom. The maximum atomic E-state index is 13.9. The Morgan fingerprint density at radius 2 is 1.67 bits per heavy atom. The van der Waals surface area contributed by atoms with Crippen LogP contribution in [0.3, 0.4) is 0 Å². The minimum atomic E-state index is -1.28. The average molecular weight is 505 g/mol. The van der Waals surface area contributed by atoms with Crippen LogP contribution in [0.2, 0.25) is 0 Å². The van der Waals surface area contributed by atoms with Gasteiger partial charge in [0.15, 0.2) is 0 Å². The van der Waals surface area contributed by atoms with Crippen LogP contribution < -0.4 is 16.4 Å². The average Bonchev–Trinajstić information content (AvgIpc) is 2.73. The van der Waals surface area contributed by atoms with E-state index in [9.17, 15) is 19.2 Å². The maximum absolute atomic E-state index is 13.9. The highest BCUT2D eigenvalue weighted by Gasteiger charge is 2.37. The van der Waals surface area contributed by atoms with Crippen LogP contribution in [0.4, 0.5) is 4.79 Å². The van der Waals surface area contributed by atoms with E-state index in [-0.39, 0.29) is 18.5 Å². The van der Waals surface area contributed by atoms with Crippen LogP contribution in [-0.4, -0.2) is 52.9 Å². The number of unbranched alkanes of at least 4 members (excludes halogenated alkanes) is 3. The molecule has 1 aromatic rings. The second-order valence-corrected chi connectivity index (χ2v) is 10.4. The summed E-state index contributed by atoms with van der Waals surface area (Å²) in [6.45, 7) is 13.0. The zero-order valence-corrected chi connectivity index (χ0v) is 22.8. The molecule has 0 bridgehead atoms. The molecule has 2 unspecified atom stereocenters. The highest BCUT2D eigenvalue weighted by molar-refractivity contribution is 5.94. The van der Waals surface area contributed by atoms with Crippen molar-refractivity contribution < 1.29 is 23.9 Å². The van der Waals surface area contributed by atoms with Gasteiger partial charge in [0.25, 0.3) is 0 Å². The fourth-order valence-corrected chi connectivity index (χ4v) is 3.83. The van der Waals surface area contributed by atoms with Crippen LogP contribution in [0.25, 0.3) is 0 Å². The molecule has 0 aromatic heterocycles. The van der Waals surface area contributed by atoms with Gasteiger partial charge in [-0.05, 0) is 59.1 Å². The Kier molecular flexibility index (Phi) is 12.4. The first-order valence-electron chi connectivity index (χ1n) is 12.7. The summed E-state index contributed by atoms with van der Waals surface area (Å²) in [5, 5.41) is 5.42. The van der Waals surface area contributed by atoms with Gasteiger partial charge < -0.3 is 26.0 Å². The van der Waals surface area contributed by atoms with E-state index in [0.717, 1.165) is 24.8 Å². The van der Waals surface area contributed by atoms with E-state index in [2.05, 4.69) is 17.6 Å². The Labute approximate surface area is 215 Å². The second kappa shape index (κ2) is 14.5. The number of primary amides is 1. The Morgan fingerprint density at radius 3 is 2.19 bits per heavy atom. The van der Waals surface area contributed by atoms with Gasteiger partial charge in [-0.3, -0.25) is 14.4 Å². The lowest BCUT2D eigenvalue weighted by molar-refractivity contribution is -0.143. The van der Waals surface area contributed by atoms with Gasteiger partial charge in [0.05, 0.1) is 6.42 Å². The van der Waals surface area contributed by atoms with Crippen LogP contribution in [0.5, 0.6) is 0 Å². The largest absolute Gasteiger partial charge is 0.444 e. The molecule has 0 aliphatic heterocycles. The number of nitrogens with two attached hydrogens (primary N) is 1. The van der Waals surface area contributed by atoms with Crippen molar-refractivity contribution in [3.63, 3.8) is 0 Å². The number of aryl methyl sites for hydroxylation is 1. The van der Waals surface area contributed by atoms with Gasteiger partial charge in [0, 0.05) is 12.6 Å². The summed E-state index contributed by atoms with van der Waals surface area (Å²) >= 11 is 0. The molecule has 0 radical (unpaired) electrons. The molecule has 202 valence electrons. The molecule has 0 saturated heterocycles. The lowest BCUT2D eigenvalue weighted by atomic mass is 9.97. The topological polar surface area (TPSA) is 131 Å². The molecule has 1 rings (SSSR count). The maximum Gasteiger partial charge on any atom is 0.408 e. The van der Waals surface area contributed by atoms with E-state index in [1.807, 2.05) is 45.0 Å². The van der Waals surface area contributed by atoms with Crippen molar-refractivity contribution in [2.24, 2.45) is 5.73 Å². The summed E-state index contributed by atoms with van der Waals surface area (Å²) in [5.41, 5.74) is 6.15. The van der Waals surface area contributed by atoms with Crippen molar-refractivity contribution in [3.8, 4) is 0 Å². The number of rotatable bonds is 13. The second-order valence-electron chi connectivity index (χ2n) is 10.4. The summed E-state index contributed by atoms with van der Waals surface area (Å²) in [5.74, 6) is -1.66. The van der Waals surface area contributed by atoms with Gasteiger partial charge in [0.1, 0.15) is 17.7 Å². The number of amides is 4. The lowest BCUT2D eigenvalue weighted by Gasteiger charge is -2.35. The number of nitrogens with zero attached hydrogens (tertiary/aromatic N) is 1. The van der Waals surface area contributed by atoms with Crippen molar-refractivity contribution in [3.05, 3.63) is 35.4 Å². The summed E-state index contributed by atoms with van der Waals surface area (Å²) in [6.07, 6.45) is 2.26. The number of hydrogen-bond acceptors (Lipinski definition) is 5. The van der Waals surface area contributed by atoms with Gasteiger partial charge in [-0.1, -0.05) is 50.5 Å². The van der Waals surface area contributed by atoms with Gasteiger partial charge in [-0.25, -0.2) is 4.79 Å². The highest BCUT2D eigenvalue weighted by atomic mass is 16.6. The third kappa shape index (κ3) is 10.7. The van der Waals surface area contributed by atoms with Gasteiger partial charge in [-0.2, -0.15) is 0 Å². The summed E-state index contributed by atoms with van der Waals surface area (Å²) < 4.78 is 5.30. The molecule has 0 aliphatic carbocycles. The monoisotopic (exact) mass is 504 g/mol. The molecule has 0 fully saturated rings. The molecule has 1 aromatic carbocycles. The molecular weight excluding hydrogens is 460 g/mol. The molecular formula is C27H44N4O5.